The minimum atomic E-state index is -4.09. The van der Waals surface area contributed by atoms with E-state index in [0.717, 1.165) is 4.31 Å². The van der Waals surface area contributed by atoms with E-state index in [0.29, 0.717) is 39.5 Å². The highest BCUT2D eigenvalue weighted by Gasteiger charge is 2.27. The molecule has 0 radical (unpaired) electrons. The Bertz CT molecular complexity index is 1220. The largest absolute Gasteiger partial charge is 0.495 e. The Morgan fingerprint density at radius 3 is 2.21 bits per heavy atom. The molecule has 0 bridgehead atoms. The number of ether oxygens (including phenoxy) is 2. The van der Waals surface area contributed by atoms with Gasteiger partial charge >= 0.3 is 0 Å². The number of halogens is 2. The average molecular weight is 509 g/mol. The van der Waals surface area contributed by atoms with Gasteiger partial charge in [0.05, 0.1) is 30.0 Å². The van der Waals surface area contributed by atoms with Crippen LogP contribution in [0.1, 0.15) is 6.92 Å². The fraction of sp³-hybridized carbons (Fsp3) is 0.174. The number of nitrogens with zero attached hydrogens (tertiary/aromatic N) is 1. The van der Waals surface area contributed by atoms with Gasteiger partial charge in [0.2, 0.25) is 5.91 Å². The van der Waals surface area contributed by atoms with Gasteiger partial charge in [0.1, 0.15) is 18.0 Å². The molecule has 0 heterocycles. The van der Waals surface area contributed by atoms with Crippen LogP contribution in [-0.4, -0.2) is 34.6 Å². The molecular weight excluding hydrogens is 487 g/mol. The van der Waals surface area contributed by atoms with Crippen molar-refractivity contribution in [1.82, 2.24) is 0 Å². The van der Waals surface area contributed by atoms with E-state index in [9.17, 15) is 13.2 Å². The van der Waals surface area contributed by atoms with Crippen LogP contribution in [0.4, 0.5) is 11.4 Å². The van der Waals surface area contributed by atoms with Crippen LogP contribution in [-0.2, 0) is 14.8 Å². The first-order chi connectivity index (χ1) is 15.7. The molecule has 0 aliphatic heterocycles. The lowest BCUT2D eigenvalue weighted by molar-refractivity contribution is -0.114. The lowest BCUT2D eigenvalue weighted by Gasteiger charge is -2.24. The van der Waals surface area contributed by atoms with E-state index in [1.54, 1.807) is 36.4 Å². The summed E-state index contributed by atoms with van der Waals surface area (Å²) in [5.41, 5.74) is 0.618. The molecule has 10 heteroatoms. The molecule has 0 aliphatic rings. The molecule has 33 heavy (non-hydrogen) atoms. The Morgan fingerprint density at radius 1 is 0.970 bits per heavy atom. The number of amides is 1. The van der Waals surface area contributed by atoms with Crippen molar-refractivity contribution in [2.24, 2.45) is 0 Å². The van der Waals surface area contributed by atoms with Gasteiger partial charge in [-0.25, -0.2) is 8.42 Å². The van der Waals surface area contributed by atoms with Crippen molar-refractivity contribution in [2.45, 2.75) is 11.8 Å². The highest BCUT2D eigenvalue weighted by Crippen LogP contribution is 2.29. The SMILES string of the molecule is CCOc1ccc(N(CC(=O)Nc2cc(Cl)ccc2OC)S(=O)(=O)c2ccc(Cl)cc2)cc1. The van der Waals surface area contributed by atoms with Gasteiger partial charge in [-0.3, -0.25) is 9.10 Å². The van der Waals surface area contributed by atoms with Crippen LogP contribution in [0.3, 0.4) is 0 Å². The topological polar surface area (TPSA) is 84.9 Å². The van der Waals surface area contributed by atoms with E-state index in [-0.39, 0.29) is 4.90 Å². The minimum Gasteiger partial charge on any atom is -0.495 e. The summed E-state index contributed by atoms with van der Waals surface area (Å²) in [6.45, 7) is 1.82. The Kier molecular flexibility index (Phi) is 8.07. The summed E-state index contributed by atoms with van der Waals surface area (Å²) in [5, 5.41) is 3.45. The number of anilines is 2. The highest BCUT2D eigenvalue weighted by molar-refractivity contribution is 7.92. The summed E-state index contributed by atoms with van der Waals surface area (Å²) < 4.78 is 38.6. The van der Waals surface area contributed by atoms with Crippen LogP contribution in [0, 0.1) is 0 Å². The second kappa shape index (κ2) is 10.8. The third-order valence-corrected chi connectivity index (χ3v) is 6.84. The fourth-order valence-electron chi connectivity index (χ4n) is 3.02. The number of benzene rings is 3. The predicted molar refractivity (Wildman–Crippen MR) is 130 cm³/mol. The van der Waals surface area contributed by atoms with Crippen molar-refractivity contribution < 1.29 is 22.7 Å². The summed E-state index contributed by atoms with van der Waals surface area (Å²) in [6, 6.07) is 16.9. The van der Waals surface area contributed by atoms with Crippen molar-refractivity contribution in [3.8, 4) is 11.5 Å². The molecule has 0 atom stereocenters. The van der Waals surface area contributed by atoms with Gasteiger partial charge in [0, 0.05) is 10.0 Å². The molecule has 0 aromatic heterocycles. The van der Waals surface area contributed by atoms with Gasteiger partial charge in [-0.1, -0.05) is 23.2 Å². The number of methoxy groups -OCH3 is 1. The molecule has 3 rings (SSSR count). The molecule has 0 saturated heterocycles. The first-order valence-electron chi connectivity index (χ1n) is 9.89. The Hall–Kier alpha value is -2.94. The molecule has 0 saturated carbocycles. The van der Waals surface area contributed by atoms with Crippen molar-refractivity contribution in [3.63, 3.8) is 0 Å². The maximum Gasteiger partial charge on any atom is 0.264 e. The summed E-state index contributed by atoms with van der Waals surface area (Å²) >= 11 is 11.9. The molecule has 0 unspecified atom stereocenters. The van der Waals surface area contributed by atoms with Crippen LogP contribution < -0.4 is 19.1 Å². The van der Waals surface area contributed by atoms with Gasteiger partial charge in [-0.15, -0.1) is 0 Å². The Balaban J connectivity index is 1.95. The van der Waals surface area contributed by atoms with Gasteiger partial charge in [0.15, 0.2) is 0 Å². The van der Waals surface area contributed by atoms with Crippen molar-refractivity contribution in [1.29, 1.82) is 0 Å². The second-order valence-electron chi connectivity index (χ2n) is 6.79. The minimum absolute atomic E-state index is 0.00563. The van der Waals surface area contributed by atoms with E-state index < -0.39 is 22.5 Å². The van der Waals surface area contributed by atoms with E-state index in [1.807, 2.05) is 6.92 Å². The van der Waals surface area contributed by atoms with E-state index in [4.69, 9.17) is 32.7 Å². The molecule has 1 N–H and O–H groups in total. The van der Waals surface area contributed by atoms with Crippen molar-refractivity contribution >= 4 is 50.5 Å². The third-order valence-electron chi connectivity index (χ3n) is 4.56. The summed E-state index contributed by atoms with van der Waals surface area (Å²) in [7, 11) is -2.64. The maximum absolute atomic E-state index is 13.4. The number of rotatable bonds is 9. The zero-order valence-corrected chi connectivity index (χ0v) is 20.2. The van der Waals surface area contributed by atoms with Crippen LogP contribution in [0.25, 0.3) is 0 Å². The lowest BCUT2D eigenvalue weighted by atomic mass is 10.3. The fourth-order valence-corrected chi connectivity index (χ4v) is 4.74. The third kappa shape index (κ3) is 6.10. The summed E-state index contributed by atoms with van der Waals surface area (Å²) in [5.74, 6) is 0.390. The quantitative estimate of drug-likeness (QED) is 0.427. The molecule has 7 nitrogen and oxygen atoms in total. The number of carbonyl (C=O) groups excluding carboxylic acids is 1. The Labute approximate surface area is 202 Å². The average Bonchev–Trinajstić information content (AvgIpc) is 2.79. The van der Waals surface area contributed by atoms with Crippen LogP contribution in [0.15, 0.2) is 71.6 Å². The smallest absolute Gasteiger partial charge is 0.264 e. The second-order valence-corrected chi connectivity index (χ2v) is 9.52. The van der Waals surface area contributed by atoms with Gasteiger partial charge < -0.3 is 14.8 Å². The number of carbonyl (C=O) groups is 1. The van der Waals surface area contributed by atoms with Gasteiger partial charge in [-0.05, 0) is 73.7 Å². The molecule has 0 aliphatic carbocycles. The van der Waals surface area contributed by atoms with Crippen LogP contribution in [0.2, 0.25) is 10.0 Å². The van der Waals surface area contributed by atoms with E-state index >= 15 is 0 Å². The van der Waals surface area contributed by atoms with E-state index in [2.05, 4.69) is 5.32 Å². The molecule has 3 aromatic rings. The molecule has 174 valence electrons. The summed E-state index contributed by atoms with van der Waals surface area (Å²) in [4.78, 5) is 12.9. The molecule has 1 amide bonds. The van der Waals surface area contributed by atoms with Crippen molar-refractivity contribution in [2.75, 3.05) is 29.9 Å². The number of hydrogen-bond donors (Lipinski definition) is 1. The zero-order valence-electron chi connectivity index (χ0n) is 17.9. The molecule has 0 spiro atoms. The van der Waals surface area contributed by atoms with Gasteiger partial charge in [0.25, 0.3) is 10.0 Å². The van der Waals surface area contributed by atoms with Gasteiger partial charge in [-0.2, -0.15) is 0 Å². The zero-order chi connectivity index (χ0) is 24.0. The monoisotopic (exact) mass is 508 g/mol. The highest BCUT2D eigenvalue weighted by atomic mass is 35.5. The van der Waals surface area contributed by atoms with E-state index in [1.165, 1.54) is 37.4 Å². The number of nitrogens with one attached hydrogen (secondary N) is 1. The standard InChI is InChI=1S/C23H22Cl2N2O5S/c1-3-32-19-9-7-18(8-10-19)27(33(29,30)20-11-4-16(24)5-12-20)15-23(28)26-21-14-17(25)6-13-22(21)31-2/h4-14H,3,15H2,1-2H3,(H,26,28). The first-order valence-corrected chi connectivity index (χ1v) is 12.1. The van der Waals surface area contributed by atoms with Crippen molar-refractivity contribution in [3.05, 3.63) is 76.8 Å². The lowest BCUT2D eigenvalue weighted by Crippen LogP contribution is -2.38. The Morgan fingerprint density at radius 2 is 1.61 bits per heavy atom. The normalized spacial score (nSPS) is 11.0. The number of hydrogen-bond acceptors (Lipinski definition) is 5. The molecule has 0 fully saturated rings. The van der Waals surface area contributed by atoms with Crippen LogP contribution in [0.5, 0.6) is 11.5 Å². The summed E-state index contributed by atoms with van der Waals surface area (Å²) in [6.07, 6.45) is 0. The molecule has 3 aromatic carbocycles. The van der Waals surface area contributed by atoms with Crippen LogP contribution >= 0.6 is 23.2 Å². The molecular formula is C23H22Cl2N2O5S. The maximum atomic E-state index is 13.4. The first kappa shape index (κ1) is 24.7. The predicted octanol–water partition coefficient (Wildman–Crippen LogP) is 5.23. The number of sulfonamides is 1.